The number of imidazole rings is 1. The third-order valence-electron chi connectivity index (χ3n) is 3.92. The van der Waals surface area contributed by atoms with Crippen molar-refractivity contribution in [1.29, 1.82) is 0 Å². The largest absolute Gasteiger partial charge is 0.352 e. The van der Waals surface area contributed by atoms with Gasteiger partial charge < -0.3 is 9.88 Å². The molecule has 0 aliphatic carbocycles. The molecule has 26 heavy (non-hydrogen) atoms. The van der Waals surface area contributed by atoms with Crippen LogP contribution in [0, 0.1) is 10.1 Å². The fourth-order valence-corrected chi connectivity index (χ4v) is 2.61. The van der Waals surface area contributed by atoms with Crippen molar-refractivity contribution in [2.45, 2.75) is 19.5 Å². The first-order valence-corrected chi connectivity index (χ1v) is 8.14. The minimum absolute atomic E-state index is 0.0175. The summed E-state index contributed by atoms with van der Waals surface area (Å²) in [5.74, 6) is -0.126. The summed E-state index contributed by atoms with van der Waals surface area (Å²) in [6.07, 6.45) is 5.59. The summed E-state index contributed by atoms with van der Waals surface area (Å²) in [7, 11) is 0. The van der Waals surface area contributed by atoms with Crippen LogP contribution in [0.15, 0.2) is 67.3 Å². The molecule has 1 N–H and O–H groups in total. The molecule has 7 heteroatoms. The standard InChI is InChI=1S/C19H18N4O3/c24-19(11-15-4-6-18(7-5-15)23(25)26)21-12-16-2-1-3-17(10-16)13-22-9-8-20-14-22/h1-10,14H,11-13H2,(H,21,24). The van der Waals surface area contributed by atoms with Gasteiger partial charge in [0.1, 0.15) is 0 Å². The lowest BCUT2D eigenvalue weighted by atomic mass is 10.1. The molecule has 2 aromatic carbocycles. The van der Waals surface area contributed by atoms with Gasteiger partial charge in [-0.1, -0.05) is 36.4 Å². The first kappa shape index (κ1) is 17.3. The van der Waals surface area contributed by atoms with Crippen molar-refractivity contribution in [2.75, 3.05) is 0 Å². The smallest absolute Gasteiger partial charge is 0.269 e. The molecule has 0 aliphatic rings. The van der Waals surface area contributed by atoms with Crippen LogP contribution < -0.4 is 5.32 Å². The number of carbonyl (C=O) groups is 1. The Bertz CT molecular complexity index is 889. The molecule has 0 unspecified atom stereocenters. The van der Waals surface area contributed by atoms with Gasteiger partial charge in [0.25, 0.3) is 5.69 Å². The van der Waals surface area contributed by atoms with E-state index in [-0.39, 0.29) is 18.0 Å². The average molecular weight is 350 g/mol. The van der Waals surface area contributed by atoms with Gasteiger partial charge in [0, 0.05) is 37.6 Å². The number of non-ortho nitro benzene ring substituents is 1. The topological polar surface area (TPSA) is 90.1 Å². The van der Waals surface area contributed by atoms with Crippen LogP contribution in [0.25, 0.3) is 0 Å². The van der Waals surface area contributed by atoms with E-state index < -0.39 is 4.92 Å². The molecular weight excluding hydrogens is 332 g/mol. The number of rotatable bonds is 7. The van der Waals surface area contributed by atoms with Crippen LogP contribution in [0.3, 0.4) is 0 Å². The van der Waals surface area contributed by atoms with Crippen LogP contribution in [-0.4, -0.2) is 20.4 Å². The van der Waals surface area contributed by atoms with Crippen molar-refractivity contribution in [3.63, 3.8) is 0 Å². The second kappa shape index (κ2) is 8.06. The molecule has 3 rings (SSSR count). The minimum Gasteiger partial charge on any atom is -0.352 e. The van der Waals surface area contributed by atoms with Crippen LogP contribution in [0.5, 0.6) is 0 Å². The maximum Gasteiger partial charge on any atom is 0.269 e. The quantitative estimate of drug-likeness (QED) is 0.524. The van der Waals surface area contributed by atoms with Gasteiger partial charge in [-0.05, 0) is 16.7 Å². The zero-order valence-electron chi connectivity index (χ0n) is 14.0. The molecule has 0 bridgehead atoms. The van der Waals surface area contributed by atoms with E-state index in [9.17, 15) is 14.9 Å². The molecule has 0 spiro atoms. The van der Waals surface area contributed by atoms with E-state index in [1.807, 2.05) is 35.0 Å². The lowest BCUT2D eigenvalue weighted by Crippen LogP contribution is -2.24. The highest BCUT2D eigenvalue weighted by molar-refractivity contribution is 5.78. The van der Waals surface area contributed by atoms with Crippen molar-refractivity contribution >= 4 is 11.6 Å². The Labute approximate surface area is 150 Å². The van der Waals surface area contributed by atoms with Gasteiger partial charge in [0.2, 0.25) is 5.91 Å². The van der Waals surface area contributed by atoms with Gasteiger partial charge in [-0.3, -0.25) is 14.9 Å². The molecule has 0 fully saturated rings. The van der Waals surface area contributed by atoms with E-state index in [2.05, 4.69) is 10.3 Å². The van der Waals surface area contributed by atoms with E-state index in [4.69, 9.17) is 0 Å². The number of amides is 1. The van der Waals surface area contributed by atoms with Crippen molar-refractivity contribution in [2.24, 2.45) is 0 Å². The summed E-state index contributed by atoms with van der Waals surface area (Å²) in [5.41, 5.74) is 2.90. The lowest BCUT2D eigenvalue weighted by Gasteiger charge is -2.08. The Morgan fingerprint density at radius 1 is 1.12 bits per heavy atom. The Morgan fingerprint density at radius 2 is 1.88 bits per heavy atom. The molecule has 3 aromatic rings. The summed E-state index contributed by atoms with van der Waals surface area (Å²) in [4.78, 5) is 26.3. The highest BCUT2D eigenvalue weighted by atomic mass is 16.6. The predicted octanol–water partition coefficient (Wildman–Crippen LogP) is 2.70. The number of aromatic nitrogens is 2. The van der Waals surface area contributed by atoms with Gasteiger partial charge in [-0.25, -0.2) is 4.98 Å². The fourth-order valence-electron chi connectivity index (χ4n) is 2.61. The number of benzene rings is 2. The molecule has 0 saturated heterocycles. The maximum absolute atomic E-state index is 12.1. The molecule has 7 nitrogen and oxygen atoms in total. The van der Waals surface area contributed by atoms with Gasteiger partial charge in [-0.15, -0.1) is 0 Å². The third kappa shape index (κ3) is 4.76. The highest BCUT2D eigenvalue weighted by Crippen LogP contribution is 2.12. The average Bonchev–Trinajstić information content (AvgIpc) is 3.14. The second-order valence-electron chi connectivity index (χ2n) is 5.93. The van der Waals surface area contributed by atoms with Crippen LogP contribution >= 0.6 is 0 Å². The van der Waals surface area contributed by atoms with Gasteiger partial charge in [-0.2, -0.15) is 0 Å². The summed E-state index contributed by atoms with van der Waals surface area (Å²) in [6, 6.07) is 14.0. The van der Waals surface area contributed by atoms with Crippen LogP contribution in [0.4, 0.5) is 5.69 Å². The zero-order valence-corrected chi connectivity index (χ0v) is 14.0. The van der Waals surface area contributed by atoms with Crippen LogP contribution in [0.1, 0.15) is 16.7 Å². The van der Waals surface area contributed by atoms with E-state index in [1.165, 1.54) is 12.1 Å². The minimum atomic E-state index is -0.458. The molecule has 0 aliphatic heterocycles. The molecule has 0 atom stereocenters. The summed E-state index contributed by atoms with van der Waals surface area (Å²) in [5, 5.41) is 13.5. The van der Waals surface area contributed by atoms with Crippen LogP contribution in [0.2, 0.25) is 0 Å². The number of hydrogen-bond donors (Lipinski definition) is 1. The summed E-state index contributed by atoms with van der Waals surface area (Å²) in [6.45, 7) is 1.16. The van der Waals surface area contributed by atoms with Crippen molar-refractivity contribution < 1.29 is 9.72 Å². The van der Waals surface area contributed by atoms with Gasteiger partial charge in [0.15, 0.2) is 0 Å². The number of nitro benzene ring substituents is 1. The maximum atomic E-state index is 12.1. The molecule has 1 heterocycles. The molecule has 132 valence electrons. The Hall–Kier alpha value is -3.48. The second-order valence-corrected chi connectivity index (χ2v) is 5.93. The van der Waals surface area contributed by atoms with Crippen LogP contribution in [-0.2, 0) is 24.3 Å². The van der Waals surface area contributed by atoms with Crippen molar-refractivity contribution in [3.8, 4) is 0 Å². The van der Waals surface area contributed by atoms with Crippen molar-refractivity contribution in [1.82, 2.24) is 14.9 Å². The first-order valence-electron chi connectivity index (χ1n) is 8.14. The molecule has 0 radical (unpaired) electrons. The number of hydrogen-bond acceptors (Lipinski definition) is 4. The Kier molecular flexibility index (Phi) is 5.38. The Balaban J connectivity index is 1.53. The predicted molar refractivity (Wildman–Crippen MR) is 96.4 cm³/mol. The summed E-state index contributed by atoms with van der Waals surface area (Å²) < 4.78 is 1.98. The fraction of sp³-hybridized carbons (Fsp3) is 0.158. The monoisotopic (exact) mass is 350 g/mol. The SMILES string of the molecule is O=C(Cc1ccc([N+](=O)[O-])cc1)NCc1cccc(Cn2ccnc2)c1. The first-order chi connectivity index (χ1) is 12.6. The number of nitrogens with zero attached hydrogens (tertiary/aromatic N) is 3. The van der Waals surface area contributed by atoms with Gasteiger partial charge >= 0.3 is 0 Å². The van der Waals surface area contributed by atoms with E-state index in [1.54, 1.807) is 24.7 Å². The molecule has 1 amide bonds. The van der Waals surface area contributed by atoms with E-state index in [0.717, 1.165) is 23.2 Å². The number of carbonyl (C=O) groups excluding carboxylic acids is 1. The number of nitro groups is 1. The number of nitrogens with one attached hydrogen (secondary N) is 1. The van der Waals surface area contributed by atoms with E-state index in [0.29, 0.717) is 6.54 Å². The summed E-state index contributed by atoms with van der Waals surface area (Å²) >= 11 is 0. The van der Waals surface area contributed by atoms with E-state index >= 15 is 0 Å². The van der Waals surface area contributed by atoms with Crippen molar-refractivity contribution in [3.05, 3.63) is 94.1 Å². The normalized spacial score (nSPS) is 10.5. The molecule has 1 aromatic heterocycles. The van der Waals surface area contributed by atoms with Gasteiger partial charge in [0.05, 0.1) is 17.7 Å². The lowest BCUT2D eigenvalue weighted by molar-refractivity contribution is -0.384. The highest BCUT2D eigenvalue weighted by Gasteiger charge is 2.07. The molecule has 0 saturated carbocycles. The Morgan fingerprint density at radius 3 is 2.58 bits per heavy atom. The third-order valence-corrected chi connectivity index (χ3v) is 3.92. The molecular formula is C19H18N4O3. The zero-order chi connectivity index (χ0) is 18.4.